The number of nitrogens with zero attached hydrogens (tertiary/aromatic N) is 2. The summed E-state index contributed by atoms with van der Waals surface area (Å²) in [5, 5.41) is 5.97. The molecule has 0 atom stereocenters. The zero-order valence-electron chi connectivity index (χ0n) is 10.7. The third-order valence-corrected chi connectivity index (χ3v) is 2.23. The van der Waals surface area contributed by atoms with Crippen molar-refractivity contribution in [3.05, 3.63) is 18.1 Å². The van der Waals surface area contributed by atoms with Crippen LogP contribution < -0.4 is 10.6 Å². The molecule has 1 aromatic heterocycles. The summed E-state index contributed by atoms with van der Waals surface area (Å²) >= 11 is 0. The number of amides is 1. The molecule has 0 aliphatic carbocycles. The van der Waals surface area contributed by atoms with Gasteiger partial charge in [-0.25, -0.2) is 4.98 Å². The summed E-state index contributed by atoms with van der Waals surface area (Å²) in [5.41, 5.74) is 0.843. The molecule has 0 aliphatic rings. The van der Waals surface area contributed by atoms with E-state index < -0.39 is 0 Å². The SMILES string of the molecule is Cc1nccnc1NCCC(=O)NCC(C)C. The number of carbonyl (C=O) groups excluding carboxylic acids is 1. The van der Waals surface area contributed by atoms with Gasteiger partial charge in [0.05, 0.1) is 5.69 Å². The zero-order chi connectivity index (χ0) is 12.7. The van der Waals surface area contributed by atoms with E-state index in [1.807, 2.05) is 6.92 Å². The molecule has 0 bridgehead atoms. The van der Waals surface area contributed by atoms with Crippen LogP contribution in [0.4, 0.5) is 5.82 Å². The standard InChI is InChI=1S/C12H20N4O/c1-9(2)8-16-11(17)4-5-14-12-10(3)13-6-7-15-12/h6-7,9H,4-5,8H2,1-3H3,(H,14,15)(H,16,17). The van der Waals surface area contributed by atoms with Crippen LogP contribution in [0.5, 0.6) is 0 Å². The molecule has 0 saturated heterocycles. The van der Waals surface area contributed by atoms with Gasteiger partial charge in [-0.15, -0.1) is 0 Å². The Morgan fingerprint density at radius 3 is 2.71 bits per heavy atom. The van der Waals surface area contributed by atoms with Crippen molar-refractivity contribution in [1.82, 2.24) is 15.3 Å². The number of hydrogen-bond donors (Lipinski definition) is 2. The number of anilines is 1. The topological polar surface area (TPSA) is 66.9 Å². The highest BCUT2D eigenvalue weighted by molar-refractivity contribution is 5.76. The van der Waals surface area contributed by atoms with E-state index in [4.69, 9.17) is 0 Å². The van der Waals surface area contributed by atoms with E-state index in [2.05, 4.69) is 34.4 Å². The Hall–Kier alpha value is -1.65. The maximum atomic E-state index is 11.4. The van der Waals surface area contributed by atoms with Gasteiger partial charge in [-0.3, -0.25) is 9.78 Å². The molecule has 0 fully saturated rings. The summed E-state index contributed by atoms with van der Waals surface area (Å²) in [6.45, 7) is 7.32. The quantitative estimate of drug-likeness (QED) is 0.782. The van der Waals surface area contributed by atoms with Gasteiger partial charge in [-0.2, -0.15) is 0 Å². The van der Waals surface area contributed by atoms with Gasteiger partial charge in [0, 0.05) is 31.9 Å². The van der Waals surface area contributed by atoms with Gasteiger partial charge in [0.2, 0.25) is 5.91 Å². The Morgan fingerprint density at radius 1 is 1.35 bits per heavy atom. The van der Waals surface area contributed by atoms with Gasteiger partial charge >= 0.3 is 0 Å². The Morgan fingerprint density at radius 2 is 2.06 bits per heavy atom. The first-order valence-corrected chi connectivity index (χ1v) is 5.87. The zero-order valence-corrected chi connectivity index (χ0v) is 10.7. The second-order valence-corrected chi connectivity index (χ2v) is 4.37. The Balaban J connectivity index is 2.24. The molecule has 2 N–H and O–H groups in total. The molecule has 17 heavy (non-hydrogen) atoms. The number of rotatable bonds is 6. The highest BCUT2D eigenvalue weighted by atomic mass is 16.1. The van der Waals surface area contributed by atoms with Crippen LogP contribution in [0.2, 0.25) is 0 Å². The predicted molar refractivity (Wildman–Crippen MR) is 67.7 cm³/mol. The van der Waals surface area contributed by atoms with E-state index >= 15 is 0 Å². The smallest absolute Gasteiger partial charge is 0.221 e. The summed E-state index contributed by atoms with van der Waals surface area (Å²) < 4.78 is 0. The van der Waals surface area contributed by atoms with E-state index in [0.29, 0.717) is 18.9 Å². The third kappa shape index (κ3) is 5.29. The van der Waals surface area contributed by atoms with Crippen LogP contribution in [-0.2, 0) is 4.79 Å². The van der Waals surface area contributed by atoms with Crippen LogP contribution >= 0.6 is 0 Å². The monoisotopic (exact) mass is 236 g/mol. The molecular weight excluding hydrogens is 216 g/mol. The molecular formula is C12H20N4O. The summed E-state index contributed by atoms with van der Waals surface area (Å²) in [4.78, 5) is 19.7. The first-order valence-electron chi connectivity index (χ1n) is 5.87. The molecule has 94 valence electrons. The van der Waals surface area contributed by atoms with Crippen molar-refractivity contribution in [2.75, 3.05) is 18.4 Å². The average molecular weight is 236 g/mol. The predicted octanol–water partition coefficient (Wildman–Crippen LogP) is 1.36. The van der Waals surface area contributed by atoms with Crippen molar-refractivity contribution in [2.45, 2.75) is 27.2 Å². The molecule has 1 rings (SSSR count). The molecule has 5 heteroatoms. The maximum Gasteiger partial charge on any atom is 0.221 e. The van der Waals surface area contributed by atoms with Gasteiger partial charge in [0.1, 0.15) is 5.82 Å². The van der Waals surface area contributed by atoms with Crippen molar-refractivity contribution in [2.24, 2.45) is 5.92 Å². The molecule has 0 aromatic carbocycles. The largest absolute Gasteiger partial charge is 0.368 e. The average Bonchev–Trinajstić information content (AvgIpc) is 2.29. The van der Waals surface area contributed by atoms with E-state index in [1.54, 1.807) is 12.4 Å². The van der Waals surface area contributed by atoms with Gasteiger partial charge in [0.25, 0.3) is 0 Å². The Kier molecular flexibility index (Phi) is 5.39. The van der Waals surface area contributed by atoms with Gasteiger partial charge in [0.15, 0.2) is 0 Å². The van der Waals surface area contributed by atoms with E-state index in [1.165, 1.54) is 0 Å². The second-order valence-electron chi connectivity index (χ2n) is 4.37. The molecule has 1 amide bonds. The van der Waals surface area contributed by atoms with Crippen LogP contribution in [0.25, 0.3) is 0 Å². The van der Waals surface area contributed by atoms with Crippen molar-refractivity contribution in [3.63, 3.8) is 0 Å². The molecule has 0 aliphatic heterocycles. The lowest BCUT2D eigenvalue weighted by Gasteiger charge is -2.09. The minimum atomic E-state index is 0.0627. The number of carbonyl (C=O) groups is 1. The van der Waals surface area contributed by atoms with Gasteiger partial charge in [-0.1, -0.05) is 13.8 Å². The molecule has 0 unspecified atom stereocenters. The maximum absolute atomic E-state index is 11.4. The summed E-state index contributed by atoms with van der Waals surface area (Å²) in [6.07, 6.45) is 3.73. The highest BCUT2D eigenvalue weighted by Crippen LogP contribution is 2.05. The summed E-state index contributed by atoms with van der Waals surface area (Å²) in [6, 6.07) is 0. The highest BCUT2D eigenvalue weighted by Gasteiger charge is 2.03. The van der Waals surface area contributed by atoms with Crippen molar-refractivity contribution in [1.29, 1.82) is 0 Å². The summed E-state index contributed by atoms with van der Waals surface area (Å²) in [5.74, 6) is 1.28. The minimum absolute atomic E-state index is 0.0627. The molecule has 0 radical (unpaired) electrons. The fourth-order valence-corrected chi connectivity index (χ4v) is 1.28. The number of hydrogen-bond acceptors (Lipinski definition) is 4. The third-order valence-electron chi connectivity index (χ3n) is 2.23. The normalized spacial score (nSPS) is 10.4. The van der Waals surface area contributed by atoms with Crippen LogP contribution in [0, 0.1) is 12.8 Å². The summed E-state index contributed by atoms with van der Waals surface area (Å²) in [7, 11) is 0. The van der Waals surface area contributed by atoms with Gasteiger partial charge in [-0.05, 0) is 12.8 Å². The lowest BCUT2D eigenvalue weighted by Crippen LogP contribution is -2.28. The van der Waals surface area contributed by atoms with E-state index in [-0.39, 0.29) is 5.91 Å². The Bertz CT molecular complexity index is 365. The first-order chi connectivity index (χ1) is 8.09. The van der Waals surface area contributed by atoms with Crippen LogP contribution in [-0.4, -0.2) is 29.0 Å². The van der Waals surface area contributed by atoms with Gasteiger partial charge < -0.3 is 10.6 Å². The van der Waals surface area contributed by atoms with Crippen LogP contribution in [0.1, 0.15) is 26.0 Å². The molecule has 1 heterocycles. The second kappa shape index (κ2) is 6.83. The number of nitrogens with one attached hydrogen (secondary N) is 2. The van der Waals surface area contributed by atoms with Crippen molar-refractivity contribution < 1.29 is 4.79 Å². The van der Waals surface area contributed by atoms with E-state index in [0.717, 1.165) is 18.1 Å². The molecule has 5 nitrogen and oxygen atoms in total. The van der Waals surface area contributed by atoms with Crippen molar-refractivity contribution in [3.8, 4) is 0 Å². The number of aryl methyl sites for hydroxylation is 1. The minimum Gasteiger partial charge on any atom is -0.368 e. The van der Waals surface area contributed by atoms with Crippen LogP contribution in [0.15, 0.2) is 12.4 Å². The lowest BCUT2D eigenvalue weighted by molar-refractivity contribution is -0.120. The molecule has 1 aromatic rings. The first kappa shape index (κ1) is 13.4. The fraction of sp³-hybridized carbons (Fsp3) is 0.583. The van der Waals surface area contributed by atoms with Crippen molar-refractivity contribution >= 4 is 11.7 Å². The fourth-order valence-electron chi connectivity index (χ4n) is 1.28. The van der Waals surface area contributed by atoms with Crippen LogP contribution in [0.3, 0.4) is 0 Å². The molecule has 0 saturated carbocycles. The lowest BCUT2D eigenvalue weighted by atomic mass is 10.2. The number of aromatic nitrogens is 2. The van der Waals surface area contributed by atoms with E-state index in [9.17, 15) is 4.79 Å². The molecule has 0 spiro atoms. The Labute approximate surface area is 102 Å².